The fourth-order valence-electron chi connectivity index (χ4n) is 4.39. The summed E-state index contributed by atoms with van der Waals surface area (Å²) >= 11 is 0. The number of aliphatic hydroxyl groups is 1. The van der Waals surface area contributed by atoms with Gasteiger partial charge in [0, 0.05) is 45.1 Å². The Labute approximate surface area is 161 Å². The zero-order valence-corrected chi connectivity index (χ0v) is 15.8. The van der Waals surface area contributed by atoms with Gasteiger partial charge in [-0.2, -0.15) is 0 Å². The lowest BCUT2D eigenvalue weighted by Crippen LogP contribution is -2.62. The lowest BCUT2D eigenvalue weighted by atomic mass is 9.79. The van der Waals surface area contributed by atoms with Gasteiger partial charge in [-0.25, -0.2) is 0 Å². The second kappa shape index (κ2) is 8.48. The zero-order valence-electron chi connectivity index (χ0n) is 15.8. The van der Waals surface area contributed by atoms with E-state index >= 15 is 0 Å². The summed E-state index contributed by atoms with van der Waals surface area (Å²) in [5, 5.41) is 11.7. The van der Waals surface area contributed by atoms with Crippen molar-refractivity contribution in [2.75, 3.05) is 45.9 Å². The van der Waals surface area contributed by atoms with Crippen molar-refractivity contribution in [3.05, 3.63) is 66.0 Å². The molecule has 0 saturated carbocycles. The number of piperidine rings is 1. The molecule has 0 radical (unpaired) electrons. The number of hydrogen-bond donors (Lipinski definition) is 1. The second-order valence-corrected chi connectivity index (χ2v) is 7.62. The largest absolute Gasteiger partial charge is 0.383 e. The summed E-state index contributed by atoms with van der Waals surface area (Å²) in [4.78, 5) is 9.13. The fraction of sp³-hybridized carbons (Fsp3) is 0.500. The van der Waals surface area contributed by atoms with Gasteiger partial charge in [-0.15, -0.1) is 0 Å². The Morgan fingerprint density at radius 3 is 2.63 bits per heavy atom. The van der Waals surface area contributed by atoms with E-state index in [1.54, 1.807) is 0 Å². The van der Waals surface area contributed by atoms with E-state index in [1.807, 2.05) is 36.7 Å². The minimum absolute atomic E-state index is 0.0893. The topological polar surface area (TPSA) is 48.8 Å². The molecule has 2 fully saturated rings. The molecule has 1 aromatic carbocycles. The number of morpholine rings is 1. The van der Waals surface area contributed by atoms with E-state index in [-0.39, 0.29) is 6.04 Å². The average Bonchev–Trinajstić information content (AvgIpc) is 2.75. The highest BCUT2D eigenvalue weighted by molar-refractivity contribution is 5.26. The van der Waals surface area contributed by atoms with Gasteiger partial charge in [-0.05, 0) is 30.0 Å². The molecule has 2 aromatic rings. The number of hydrogen-bond acceptors (Lipinski definition) is 5. The van der Waals surface area contributed by atoms with Crippen LogP contribution in [0.4, 0.5) is 0 Å². The lowest BCUT2D eigenvalue weighted by molar-refractivity contribution is -0.118. The van der Waals surface area contributed by atoms with Crippen LogP contribution in [0.3, 0.4) is 0 Å². The Hall–Kier alpha value is -1.79. The van der Waals surface area contributed by atoms with Crippen molar-refractivity contribution in [2.45, 2.75) is 24.5 Å². The van der Waals surface area contributed by atoms with Gasteiger partial charge >= 0.3 is 0 Å². The standard InChI is InChI=1S/C22H29N3O2/c26-22(20-6-2-1-3-7-20)9-12-24(11-8-19-5-4-10-23-17-19)18-21(22)25-13-15-27-16-14-25/h1-7,10,17,21,26H,8-9,11-16,18H2/t21-,22+/m1/s1. The Balaban J connectivity index is 1.50. The van der Waals surface area contributed by atoms with Gasteiger partial charge in [0.2, 0.25) is 0 Å². The first-order valence-corrected chi connectivity index (χ1v) is 9.97. The van der Waals surface area contributed by atoms with Gasteiger partial charge in [-0.3, -0.25) is 9.88 Å². The van der Waals surface area contributed by atoms with Crippen LogP contribution in [0.5, 0.6) is 0 Å². The number of pyridine rings is 1. The molecule has 1 N–H and O–H groups in total. The number of likely N-dealkylation sites (tertiary alicyclic amines) is 1. The van der Waals surface area contributed by atoms with Crippen molar-refractivity contribution >= 4 is 0 Å². The van der Waals surface area contributed by atoms with E-state index in [0.29, 0.717) is 0 Å². The number of ether oxygens (including phenoxy) is 1. The van der Waals surface area contributed by atoms with Crippen LogP contribution in [-0.4, -0.2) is 71.9 Å². The monoisotopic (exact) mass is 367 g/mol. The summed E-state index contributed by atoms with van der Waals surface area (Å²) in [5.74, 6) is 0. The van der Waals surface area contributed by atoms with E-state index < -0.39 is 5.60 Å². The molecule has 2 saturated heterocycles. The van der Waals surface area contributed by atoms with Gasteiger partial charge in [0.1, 0.15) is 5.60 Å². The Morgan fingerprint density at radius 2 is 1.89 bits per heavy atom. The zero-order chi connectivity index (χ0) is 18.5. The molecule has 0 spiro atoms. The van der Waals surface area contributed by atoms with E-state index in [9.17, 15) is 5.11 Å². The van der Waals surface area contributed by atoms with Crippen molar-refractivity contribution in [1.29, 1.82) is 0 Å². The molecule has 0 amide bonds. The second-order valence-electron chi connectivity index (χ2n) is 7.62. The SMILES string of the molecule is O[C@]1(c2ccccc2)CCN(CCc2cccnc2)C[C@H]1N1CCOCC1. The molecule has 5 nitrogen and oxygen atoms in total. The summed E-state index contributed by atoms with van der Waals surface area (Å²) in [6.45, 7) is 6.05. The van der Waals surface area contributed by atoms with Crippen molar-refractivity contribution in [1.82, 2.24) is 14.8 Å². The molecule has 1 aromatic heterocycles. The third-order valence-corrected chi connectivity index (χ3v) is 5.99. The summed E-state index contributed by atoms with van der Waals surface area (Å²) in [5.41, 5.74) is 1.50. The van der Waals surface area contributed by atoms with E-state index in [0.717, 1.165) is 64.3 Å². The highest BCUT2D eigenvalue weighted by atomic mass is 16.5. The normalized spacial score (nSPS) is 27.5. The minimum atomic E-state index is -0.802. The third-order valence-electron chi connectivity index (χ3n) is 5.99. The van der Waals surface area contributed by atoms with E-state index in [4.69, 9.17) is 4.74 Å². The maximum absolute atomic E-state index is 11.7. The Bertz CT molecular complexity index is 706. The van der Waals surface area contributed by atoms with E-state index in [2.05, 4.69) is 33.0 Å². The predicted octanol–water partition coefficient (Wildman–Crippen LogP) is 1.92. The van der Waals surface area contributed by atoms with Gasteiger partial charge < -0.3 is 14.7 Å². The molecular weight excluding hydrogens is 338 g/mol. The van der Waals surface area contributed by atoms with Crippen LogP contribution in [0.1, 0.15) is 17.5 Å². The summed E-state index contributed by atoms with van der Waals surface area (Å²) in [6, 6.07) is 14.4. The fourth-order valence-corrected chi connectivity index (χ4v) is 4.39. The highest BCUT2D eigenvalue weighted by Gasteiger charge is 2.45. The molecular formula is C22H29N3O2. The lowest BCUT2D eigenvalue weighted by Gasteiger charge is -2.50. The molecule has 2 atom stereocenters. The molecule has 3 heterocycles. The van der Waals surface area contributed by atoms with Gasteiger partial charge in [0.25, 0.3) is 0 Å². The van der Waals surface area contributed by atoms with Gasteiger partial charge in [-0.1, -0.05) is 36.4 Å². The average molecular weight is 367 g/mol. The van der Waals surface area contributed by atoms with Crippen LogP contribution in [-0.2, 0) is 16.8 Å². The van der Waals surface area contributed by atoms with Gasteiger partial charge in [0.05, 0.1) is 19.3 Å². The first-order valence-electron chi connectivity index (χ1n) is 9.97. The van der Waals surface area contributed by atoms with Gasteiger partial charge in [0.15, 0.2) is 0 Å². The molecule has 0 aliphatic carbocycles. The number of benzene rings is 1. The first-order chi connectivity index (χ1) is 13.3. The van der Waals surface area contributed by atoms with Crippen LogP contribution in [0.15, 0.2) is 54.9 Å². The van der Waals surface area contributed by atoms with Crippen molar-refractivity contribution in [2.24, 2.45) is 0 Å². The van der Waals surface area contributed by atoms with E-state index in [1.165, 1.54) is 5.56 Å². The minimum Gasteiger partial charge on any atom is -0.383 e. The van der Waals surface area contributed by atoms with Crippen molar-refractivity contribution < 1.29 is 9.84 Å². The smallest absolute Gasteiger partial charge is 0.108 e. The number of nitrogens with zero attached hydrogens (tertiary/aromatic N) is 3. The molecule has 27 heavy (non-hydrogen) atoms. The van der Waals surface area contributed by atoms with Crippen molar-refractivity contribution in [3.8, 4) is 0 Å². The van der Waals surface area contributed by atoms with Crippen LogP contribution in [0, 0.1) is 0 Å². The first kappa shape index (κ1) is 18.6. The van der Waals surface area contributed by atoms with Crippen LogP contribution in [0.2, 0.25) is 0 Å². The molecule has 4 rings (SSSR count). The number of aromatic nitrogens is 1. The summed E-state index contributed by atoms with van der Waals surface area (Å²) in [7, 11) is 0. The molecule has 0 bridgehead atoms. The molecule has 2 aliphatic rings. The van der Waals surface area contributed by atoms with Crippen LogP contribution < -0.4 is 0 Å². The molecule has 0 unspecified atom stereocenters. The quantitative estimate of drug-likeness (QED) is 0.875. The highest BCUT2D eigenvalue weighted by Crippen LogP contribution is 2.36. The molecule has 144 valence electrons. The van der Waals surface area contributed by atoms with Crippen molar-refractivity contribution in [3.63, 3.8) is 0 Å². The molecule has 5 heteroatoms. The predicted molar refractivity (Wildman–Crippen MR) is 106 cm³/mol. The maximum atomic E-state index is 11.7. The third kappa shape index (κ3) is 4.22. The van der Waals surface area contributed by atoms with Crippen LogP contribution >= 0.6 is 0 Å². The maximum Gasteiger partial charge on any atom is 0.108 e. The molecule has 2 aliphatic heterocycles. The Kier molecular flexibility index (Phi) is 5.83. The van der Waals surface area contributed by atoms with Crippen LogP contribution in [0.25, 0.3) is 0 Å². The Morgan fingerprint density at radius 1 is 1.07 bits per heavy atom. The summed E-state index contributed by atoms with van der Waals surface area (Å²) < 4.78 is 5.55. The summed E-state index contributed by atoms with van der Waals surface area (Å²) in [6.07, 6.45) is 5.52. The number of rotatable bonds is 5.